The molecule has 2 amide bonds. The molecule has 0 heterocycles. The summed E-state index contributed by atoms with van der Waals surface area (Å²) in [5, 5.41) is 3.00. The van der Waals surface area contributed by atoms with E-state index in [1.54, 1.807) is 23.6 Å². The molecule has 6 heteroatoms. The minimum Gasteiger partial charge on any atom is -0.350 e. The van der Waals surface area contributed by atoms with Gasteiger partial charge in [-0.2, -0.15) is 0 Å². The van der Waals surface area contributed by atoms with Crippen molar-refractivity contribution in [3.8, 4) is 0 Å². The fourth-order valence-electron chi connectivity index (χ4n) is 3.38. The maximum Gasteiger partial charge on any atom is 0.242 e. The van der Waals surface area contributed by atoms with E-state index >= 15 is 0 Å². The molecule has 0 aliphatic rings. The summed E-state index contributed by atoms with van der Waals surface area (Å²) >= 11 is 5.07. The molecule has 0 saturated carbocycles. The zero-order chi connectivity index (χ0) is 23.2. The third kappa shape index (κ3) is 8.69. The van der Waals surface area contributed by atoms with Crippen molar-refractivity contribution in [1.29, 1.82) is 0 Å². The first-order valence-electron chi connectivity index (χ1n) is 10.5. The Hall–Kier alpha value is -1.79. The number of nitrogens with zero attached hydrogens (tertiary/aromatic N) is 1. The standard InChI is InChI=1S/C25H33BrN2O2S/c1-17-10-18(2)12-21(11-17)15-31-16-23(29)28(14-20-8-7-9-22(26)13-20)19(3)24(30)27-25(4,5)6/h7-13,19H,14-16H2,1-6H3,(H,27,30)/t19-/m1/s1. The predicted octanol–water partition coefficient (Wildman–Crippen LogP) is 5.63. The average Bonchev–Trinajstić information content (AvgIpc) is 2.63. The number of aryl methyl sites for hydroxylation is 2. The molecule has 0 spiro atoms. The number of carbonyl (C=O) groups is 2. The van der Waals surface area contributed by atoms with Gasteiger partial charge in [-0.3, -0.25) is 9.59 Å². The molecule has 168 valence electrons. The number of nitrogens with one attached hydrogen (secondary N) is 1. The van der Waals surface area contributed by atoms with Gasteiger partial charge in [-0.25, -0.2) is 0 Å². The molecule has 0 aliphatic carbocycles. The molecule has 1 atom stereocenters. The third-order valence-corrected chi connectivity index (χ3v) is 6.16. The van der Waals surface area contributed by atoms with Crippen LogP contribution in [0.1, 0.15) is 49.9 Å². The fourth-order valence-corrected chi connectivity index (χ4v) is 4.67. The van der Waals surface area contributed by atoms with Crippen LogP contribution in [0.25, 0.3) is 0 Å². The number of hydrogen-bond donors (Lipinski definition) is 1. The van der Waals surface area contributed by atoms with E-state index in [9.17, 15) is 9.59 Å². The number of hydrogen-bond acceptors (Lipinski definition) is 3. The van der Waals surface area contributed by atoms with Crippen molar-refractivity contribution < 1.29 is 9.59 Å². The van der Waals surface area contributed by atoms with Crippen LogP contribution in [-0.4, -0.2) is 34.0 Å². The van der Waals surface area contributed by atoms with E-state index in [0.717, 1.165) is 15.8 Å². The Balaban J connectivity index is 2.11. The lowest BCUT2D eigenvalue weighted by Crippen LogP contribution is -2.52. The Morgan fingerprint density at radius 2 is 1.71 bits per heavy atom. The maximum absolute atomic E-state index is 13.2. The lowest BCUT2D eigenvalue weighted by Gasteiger charge is -2.31. The Kier molecular flexibility index (Phi) is 9.19. The summed E-state index contributed by atoms with van der Waals surface area (Å²) in [7, 11) is 0. The summed E-state index contributed by atoms with van der Waals surface area (Å²) in [4.78, 5) is 27.7. The van der Waals surface area contributed by atoms with E-state index in [1.807, 2.05) is 45.0 Å². The van der Waals surface area contributed by atoms with E-state index in [2.05, 4.69) is 53.3 Å². The predicted molar refractivity (Wildman–Crippen MR) is 134 cm³/mol. The van der Waals surface area contributed by atoms with Gasteiger partial charge < -0.3 is 10.2 Å². The normalized spacial score (nSPS) is 12.4. The first-order chi connectivity index (χ1) is 14.4. The SMILES string of the molecule is Cc1cc(C)cc(CSCC(=O)N(Cc2cccc(Br)c2)[C@H](C)C(=O)NC(C)(C)C)c1. The minimum absolute atomic E-state index is 0.0362. The van der Waals surface area contributed by atoms with E-state index in [-0.39, 0.29) is 17.4 Å². The minimum atomic E-state index is -0.562. The van der Waals surface area contributed by atoms with Crippen LogP contribution < -0.4 is 5.32 Å². The molecule has 0 aliphatic heterocycles. The number of halogens is 1. The van der Waals surface area contributed by atoms with Gasteiger partial charge in [0.15, 0.2) is 0 Å². The highest BCUT2D eigenvalue weighted by Gasteiger charge is 2.28. The van der Waals surface area contributed by atoms with Gasteiger partial charge in [-0.1, -0.05) is 57.4 Å². The van der Waals surface area contributed by atoms with Gasteiger partial charge in [0.05, 0.1) is 5.75 Å². The molecule has 0 aromatic heterocycles. The summed E-state index contributed by atoms with van der Waals surface area (Å²) in [5.41, 5.74) is 4.30. The first-order valence-corrected chi connectivity index (χ1v) is 12.4. The summed E-state index contributed by atoms with van der Waals surface area (Å²) in [5.74, 6) is 0.913. The Morgan fingerprint density at radius 1 is 1.06 bits per heavy atom. The van der Waals surface area contributed by atoms with E-state index in [0.29, 0.717) is 12.3 Å². The van der Waals surface area contributed by atoms with E-state index < -0.39 is 6.04 Å². The van der Waals surface area contributed by atoms with Crippen molar-refractivity contribution in [3.05, 3.63) is 69.2 Å². The van der Waals surface area contributed by atoms with Crippen LogP contribution in [0.5, 0.6) is 0 Å². The summed E-state index contributed by atoms with van der Waals surface area (Å²) in [6, 6.07) is 13.7. The zero-order valence-corrected chi connectivity index (χ0v) is 21.7. The fraction of sp³-hybridized carbons (Fsp3) is 0.440. The van der Waals surface area contributed by atoms with Crippen LogP contribution in [0, 0.1) is 13.8 Å². The Labute approximate surface area is 199 Å². The molecule has 0 saturated heterocycles. The van der Waals surface area contributed by atoms with Crippen molar-refractivity contribution in [1.82, 2.24) is 10.2 Å². The second-order valence-electron chi connectivity index (χ2n) is 9.06. The molecular formula is C25H33BrN2O2S. The van der Waals surface area contributed by atoms with Crippen LogP contribution in [0.2, 0.25) is 0 Å². The number of thioether (sulfide) groups is 1. The van der Waals surface area contributed by atoms with E-state index in [1.165, 1.54) is 16.7 Å². The van der Waals surface area contributed by atoms with Crippen LogP contribution in [-0.2, 0) is 21.9 Å². The van der Waals surface area contributed by atoms with Crippen molar-refractivity contribution in [3.63, 3.8) is 0 Å². The van der Waals surface area contributed by atoms with Gasteiger partial charge in [0.2, 0.25) is 11.8 Å². The molecule has 4 nitrogen and oxygen atoms in total. The van der Waals surface area contributed by atoms with Gasteiger partial charge in [0, 0.05) is 22.3 Å². The number of rotatable bonds is 8. The zero-order valence-electron chi connectivity index (χ0n) is 19.3. The highest BCUT2D eigenvalue weighted by Crippen LogP contribution is 2.19. The summed E-state index contributed by atoms with van der Waals surface area (Å²) < 4.78 is 0.952. The van der Waals surface area contributed by atoms with Crippen LogP contribution in [0.3, 0.4) is 0 Å². The van der Waals surface area contributed by atoms with Crippen molar-refractivity contribution in [2.24, 2.45) is 0 Å². The molecule has 0 bridgehead atoms. The molecule has 2 aromatic carbocycles. The van der Waals surface area contributed by atoms with Crippen molar-refractivity contribution in [2.75, 3.05) is 5.75 Å². The molecule has 2 aromatic rings. The van der Waals surface area contributed by atoms with Crippen molar-refractivity contribution in [2.45, 2.75) is 65.4 Å². The summed E-state index contributed by atoms with van der Waals surface area (Å²) in [6.45, 7) is 12.2. The molecule has 0 unspecified atom stereocenters. The monoisotopic (exact) mass is 504 g/mol. The van der Waals surface area contributed by atoms with Gasteiger partial charge in [0.1, 0.15) is 6.04 Å². The van der Waals surface area contributed by atoms with Gasteiger partial charge in [-0.05, 0) is 64.8 Å². The maximum atomic E-state index is 13.2. The quantitative estimate of drug-likeness (QED) is 0.506. The molecular weight excluding hydrogens is 472 g/mol. The lowest BCUT2D eigenvalue weighted by atomic mass is 10.1. The average molecular weight is 506 g/mol. The topological polar surface area (TPSA) is 49.4 Å². The first kappa shape index (κ1) is 25.5. The highest BCUT2D eigenvalue weighted by molar-refractivity contribution is 9.10. The van der Waals surface area contributed by atoms with Gasteiger partial charge in [-0.15, -0.1) is 11.8 Å². The lowest BCUT2D eigenvalue weighted by molar-refractivity contribution is -0.139. The summed E-state index contributed by atoms with van der Waals surface area (Å²) in [6.07, 6.45) is 0. The molecule has 1 N–H and O–H groups in total. The second kappa shape index (κ2) is 11.2. The number of carbonyl (C=O) groups excluding carboxylic acids is 2. The molecule has 0 radical (unpaired) electrons. The van der Waals surface area contributed by atoms with Crippen LogP contribution >= 0.6 is 27.7 Å². The van der Waals surface area contributed by atoms with Crippen LogP contribution in [0.4, 0.5) is 0 Å². The van der Waals surface area contributed by atoms with E-state index in [4.69, 9.17) is 0 Å². The Bertz CT molecular complexity index is 904. The molecule has 0 fully saturated rings. The van der Waals surface area contributed by atoms with Gasteiger partial charge in [0.25, 0.3) is 0 Å². The van der Waals surface area contributed by atoms with Gasteiger partial charge >= 0.3 is 0 Å². The van der Waals surface area contributed by atoms with Crippen LogP contribution in [0.15, 0.2) is 46.9 Å². The highest BCUT2D eigenvalue weighted by atomic mass is 79.9. The number of amides is 2. The van der Waals surface area contributed by atoms with Crippen molar-refractivity contribution >= 4 is 39.5 Å². The number of benzene rings is 2. The smallest absolute Gasteiger partial charge is 0.242 e. The Morgan fingerprint density at radius 3 is 2.29 bits per heavy atom. The molecule has 31 heavy (non-hydrogen) atoms. The third-order valence-electron chi connectivity index (χ3n) is 4.68. The second-order valence-corrected chi connectivity index (χ2v) is 11.0. The largest absolute Gasteiger partial charge is 0.350 e. The molecule has 2 rings (SSSR count).